The number of nitrogens with zero attached hydrogens (tertiary/aromatic N) is 1. The first kappa shape index (κ1) is 19.9. The van der Waals surface area contributed by atoms with Crippen LogP contribution in [0.1, 0.15) is 29.2 Å². The first-order chi connectivity index (χ1) is 13.5. The molecule has 0 radical (unpaired) electrons. The molecule has 0 bridgehead atoms. The predicted octanol–water partition coefficient (Wildman–Crippen LogP) is 4.58. The molecule has 1 N–H and O–H groups in total. The Morgan fingerprint density at radius 3 is 2.39 bits per heavy atom. The third-order valence-corrected chi connectivity index (χ3v) is 4.96. The van der Waals surface area contributed by atoms with Gasteiger partial charge in [-0.2, -0.15) is 0 Å². The zero-order valence-electron chi connectivity index (χ0n) is 16.3. The van der Waals surface area contributed by atoms with Gasteiger partial charge in [-0.05, 0) is 62.4 Å². The molecule has 0 saturated carbocycles. The molecule has 1 amide bonds. The van der Waals surface area contributed by atoms with Crippen LogP contribution < -0.4 is 14.8 Å². The van der Waals surface area contributed by atoms with Gasteiger partial charge in [0.1, 0.15) is 11.5 Å². The Labute approximate surface area is 169 Å². The van der Waals surface area contributed by atoms with Crippen molar-refractivity contribution in [3.05, 3.63) is 64.5 Å². The van der Waals surface area contributed by atoms with E-state index in [2.05, 4.69) is 10.3 Å². The van der Waals surface area contributed by atoms with Crippen LogP contribution in [0.15, 0.2) is 53.9 Å². The maximum atomic E-state index is 12.3. The Morgan fingerprint density at radius 2 is 1.75 bits per heavy atom. The van der Waals surface area contributed by atoms with E-state index in [9.17, 15) is 4.79 Å². The first-order valence-corrected chi connectivity index (χ1v) is 10.1. The SMILES string of the molecule is COc1ccc(-c2csc(CCNC(=O)c3ccc(OC(C)C)cc3)n2)cc1. The number of rotatable bonds is 8. The molecule has 0 aliphatic rings. The van der Waals surface area contributed by atoms with Crippen LogP contribution in [0.25, 0.3) is 11.3 Å². The second kappa shape index (κ2) is 9.37. The smallest absolute Gasteiger partial charge is 0.251 e. The van der Waals surface area contributed by atoms with E-state index in [0.717, 1.165) is 27.8 Å². The molecule has 2 aromatic carbocycles. The molecule has 3 aromatic rings. The molecule has 146 valence electrons. The maximum absolute atomic E-state index is 12.3. The molecule has 0 spiro atoms. The van der Waals surface area contributed by atoms with Gasteiger partial charge in [0.15, 0.2) is 0 Å². The van der Waals surface area contributed by atoms with Crippen molar-refractivity contribution in [3.63, 3.8) is 0 Å². The number of amides is 1. The van der Waals surface area contributed by atoms with Crippen molar-refractivity contribution in [2.75, 3.05) is 13.7 Å². The number of thiazole rings is 1. The molecule has 3 rings (SSSR count). The third-order valence-electron chi connectivity index (χ3n) is 4.05. The van der Waals surface area contributed by atoms with Gasteiger partial charge in [0.25, 0.3) is 5.91 Å². The molecule has 1 heterocycles. The highest BCUT2D eigenvalue weighted by Gasteiger charge is 2.08. The standard InChI is InChI=1S/C22H24N2O3S/c1-15(2)27-19-10-6-17(7-11-19)22(25)23-13-12-21-24-20(14-28-21)16-4-8-18(26-3)9-5-16/h4-11,14-15H,12-13H2,1-3H3,(H,23,25). The molecular formula is C22H24N2O3S. The number of hydrogen-bond donors (Lipinski definition) is 1. The second-order valence-corrected chi connectivity index (χ2v) is 7.49. The molecule has 5 nitrogen and oxygen atoms in total. The summed E-state index contributed by atoms with van der Waals surface area (Å²) >= 11 is 1.60. The fourth-order valence-corrected chi connectivity index (χ4v) is 3.47. The summed E-state index contributed by atoms with van der Waals surface area (Å²) in [7, 11) is 1.65. The van der Waals surface area contributed by atoms with Crippen LogP contribution in [0.2, 0.25) is 0 Å². The lowest BCUT2D eigenvalue weighted by molar-refractivity contribution is 0.0954. The molecule has 6 heteroatoms. The van der Waals surface area contributed by atoms with Crippen LogP contribution in [-0.4, -0.2) is 30.6 Å². The quantitative estimate of drug-likeness (QED) is 0.605. The molecule has 0 saturated heterocycles. The molecule has 1 aromatic heterocycles. The second-order valence-electron chi connectivity index (χ2n) is 6.55. The monoisotopic (exact) mass is 396 g/mol. The number of ether oxygens (including phenoxy) is 2. The lowest BCUT2D eigenvalue weighted by Gasteiger charge is -2.10. The maximum Gasteiger partial charge on any atom is 0.251 e. The van der Waals surface area contributed by atoms with E-state index in [-0.39, 0.29) is 12.0 Å². The summed E-state index contributed by atoms with van der Waals surface area (Å²) in [6, 6.07) is 15.0. The highest BCUT2D eigenvalue weighted by molar-refractivity contribution is 7.09. The third kappa shape index (κ3) is 5.33. The van der Waals surface area contributed by atoms with Crippen molar-refractivity contribution in [1.29, 1.82) is 0 Å². The van der Waals surface area contributed by atoms with Gasteiger partial charge in [0.05, 0.1) is 23.9 Å². The Hall–Kier alpha value is -2.86. The van der Waals surface area contributed by atoms with E-state index in [4.69, 9.17) is 9.47 Å². The van der Waals surface area contributed by atoms with Crippen molar-refractivity contribution < 1.29 is 14.3 Å². The van der Waals surface area contributed by atoms with Crippen LogP contribution in [0.3, 0.4) is 0 Å². The van der Waals surface area contributed by atoms with E-state index in [1.165, 1.54) is 0 Å². The van der Waals surface area contributed by atoms with E-state index in [1.54, 1.807) is 30.6 Å². The number of carbonyl (C=O) groups excluding carboxylic acids is 1. The molecule has 28 heavy (non-hydrogen) atoms. The van der Waals surface area contributed by atoms with E-state index < -0.39 is 0 Å². The molecular weight excluding hydrogens is 372 g/mol. The normalized spacial score (nSPS) is 10.7. The van der Waals surface area contributed by atoms with Gasteiger partial charge in [-0.25, -0.2) is 4.98 Å². The molecule has 0 aliphatic heterocycles. The van der Waals surface area contributed by atoms with Crippen molar-refractivity contribution in [3.8, 4) is 22.8 Å². The zero-order valence-corrected chi connectivity index (χ0v) is 17.1. The summed E-state index contributed by atoms with van der Waals surface area (Å²) < 4.78 is 10.8. The molecule has 0 aliphatic carbocycles. The Bertz CT molecular complexity index is 902. The van der Waals surface area contributed by atoms with Gasteiger partial charge in [0.2, 0.25) is 0 Å². The van der Waals surface area contributed by atoms with Gasteiger partial charge >= 0.3 is 0 Å². The van der Waals surface area contributed by atoms with Crippen molar-refractivity contribution in [1.82, 2.24) is 10.3 Å². The number of methoxy groups -OCH3 is 1. The van der Waals surface area contributed by atoms with Crippen molar-refractivity contribution >= 4 is 17.2 Å². The fraction of sp³-hybridized carbons (Fsp3) is 0.273. The van der Waals surface area contributed by atoms with Crippen LogP contribution >= 0.6 is 11.3 Å². The summed E-state index contributed by atoms with van der Waals surface area (Å²) in [6.07, 6.45) is 0.807. The van der Waals surface area contributed by atoms with Crippen molar-refractivity contribution in [2.45, 2.75) is 26.4 Å². The highest BCUT2D eigenvalue weighted by atomic mass is 32.1. The van der Waals surface area contributed by atoms with Crippen molar-refractivity contribution in [2.24, 2.45) is 0 Å². The van der Waals surface area contributed by atoms with E-state index >= 15 is 0 Å². The number of carbonyl (C=O) groups is 1. The van der Waals surface area contributed by atoms with Gasteiger partial charge in [-0.15, -0.1) is 11.3 Å². The number of benzene rings is 2. The summed E-state index contributed by atoms with van der Waals surface area (Å²) in [5.74, 6) is 1.49. The van der Waals surface area contributed by atoms with Crippen LogP contribution in [0.4, 0.5) is 0 Å². The van der Waals surface area contributed by atoms with Gasteiger partial charge < -0.3 is 14.8 Å². The molecule has 0 fully saturated rings. The number of aromatic nitrogens is 1. The minimum Gasteiger partial charge on any atom is -0.497 e. The minimum absolute atomic E-state index is 0.0944. The Kier molecular flexibility index (Phi) is 6.66. The fourth-order valence-electron chi connectivity index (χ4n) is 2.66. The summed E-state index contributed by atoms with van der Waals surface area (Å²) in [6.45, 7) is 4.48. The number of nitrogens with one attached hydrogen (secondary N) is 1. The Morgan fingerprint density at radius 1 is 1.07 bits per heavy atom. The summed E-state index contributed by atoms with van der Waals surface area (Å²) in [5.41, 5.74) is 2.61. The molecule has 0 unspecified atom stereocenters. The van der Waals surface area contributed by atoms with Gasteiger partial charge in [-0.1, -0.05) is 0 Å². The van der Waals surface area contributed by atoms with Gasteiger partial charge in [-0.3, -0.25) is 4.79 Å². The molecule has 0 atom stereocenters. The topological polar surface area (TPSA) is 60.5 Å². The van der Waals surface area contributed by atoms with Crippen LogP contribution in [0, 0.1) is 0 Å². The largest absolute Gasteiger partial charge is 0.497 e. The van der Waals surface area contributed by atoms with Crippen LogP contribution in [0.5, 0.6) is 11.5 Å². The van der Waals surface area contributed by atoms with E-state index in [1.807, 2.05) is 55.6 Å². The first-order valence-electron chi connectivity index (χ1n) is 9.19. The average molecular weight is 397 g/mol. The summed E-state index contributed by atoms with van der Waals surface area (Å²) in [5, 5.41) is 5.97. The number of hydrogen-bond acceptors (Lipinski definition) is 5. The van der Waals surface area contributed by atoms with E-state index in [0.29, 0.717) is 18.5 Å². The predicted molar refractivity (Wildman–Crippen MR) is 112 cm³/mol. The lowest BCUT2D eigenvalue weighted by Crippen LogP contribution is -2.25. The zero-order chi connectivity index (χ0) is 19.9. The average Bonchev–Trinajstić information content (AvgIpc) is 3.17. The highest BCUT2D eigenvalue weighted by Crippen LogP contribution is 2.24. The lowest BCUT2D eigenvalue weighted by atomic mass is 10.2. The van der Waals surface area contributed by atoms with Gasteiger partial charge in [0, 0.05) is 29.5 Å². The minimum atomic E-state index is -0.0944. The Balaban J connectivity index is 1.50. The summed E-state index contributed by atoms with van der Waals surface area (Å²) in [4.78, 5) is 16.9. The van der Waals surface area contributed by atoms with Crippen LogP contribution in [-0.2, 0) is 6.42 Å².